The first-order chi connectivity index (χ1) is 5.63. The van der Waals surface area contributed by atoms with E-state index >= 15 is 0 Å². The summed E-state index contributed by atoms with van der Waals surface area (Å²) in [5.41, 5.74) is 5.64. The molecule has 0 saturated heterocycles. The molecule has 0 bridgehead atoms. The molecule has 0 spiro atoms. The molecule has 74 valence electrons. The average Bonchev–Trinajstić information content (AvgIpc) is 1.95. The Kier molecular flexibility index (Phi) is 8.07. The average molecular weight is 190 g/mol. The second kappa shape index (κ2) is 7.90. The van der Waals surface area contributed by atoms with Gasteiger partial charge in [-0.2, -0.15) is 11.8 Å². The van der Waals surface area contributed by atoms with Crippen molar-refractivity contribution in [3.05, 3.63) is 0 Å². The van der Waals surface area contributed by atoms with Gasteiger partial charge >= 0.3 is 0 Å². The van der Waals surface area contributed by atoms with E-state index in [1.54, 1.807) is 0 Å². The molecule has 0 aliphatic heterocycles. The van der Waals surface area contributed by atoms with Crippen LogP contribution < -0.4 is 5.73 Å². The number of nitrogens with zero attached hydrogens (tertiary/aromatic N) is 1. The van der Waals surface area contributed by atoms with Gasteiger partial charge in [0.2, 0.25) is 0 Å². The van der Waals surface area contributed by atoms with E-state index in [0.717, 1.165) is 6.42 Å². The molecule has 2 nitrogen and oxygen atoms in total. The van der Waals surface area contributed by atoms with Gasteiger partial charge in [0, 0.05) is 18.3 Å². The van der Waals surface area contributed by atoms with Crippen molar-refractivity contribution >= 4 is 11.8 Å². The Balaban J connectivity index is 2.91. The highest BCUT2D eigenvalue weighted by molar-refractivity contribution is 7.99. The van der Waals surface area contributed by atoms with Crippen molar-refractivity contribution in [3.63, 3.8) is 0 Å². The normalized spacial score (nSPS) is 13.8. The number of hydrogen-bond donors (Lipinski definition) is 1. The van der Waals surface area contributed by atoms with Crippen molar-refractivity contribution in [3.8, 4) is 0 Å². The molecule has 0 amide bonds. The maximum absolute atomic E-state index is 5.64. The van der Waals surface area contributed by atoms with Gasteiger partial charge in [0.15, 0.2) is 0 Å². The van der Waals surface area contributed by atoms with E-state index in [9.17, 15) is 0 Å². The van der Waals surface area contributed by atoms with Crippen LogP contribution in [0.2, 0.25) is 0 Å². The van der Waals surface area contributed by atoms with Gasteiger partial charge in [-0.15, -0.1) is 0 Å². The van der Waals surface area contributed by atoms with Crippen LogP contribution in [0.25, 0.3) is 0 Å². The van der Waals surface area contributed by atoms with E-state index in [2.05, 4.69) is 25.9 Å². The third-order valence-corrected chi connectivity index (χ3v) is 2.68. The Bertz CT molecular complexity index is 82.5. The fraction of sp³-hybridized carbons (Fsp3) is 1.00. The minimum absolute atomic E-state index is 0.374. The Morgan fingerprint density at radius 2 is 2.00 bits per heavy atom. The molecule has 0 rings (SSSR count). The molecule has 0 saturated carbocycles. The number of nitrogens with two attached hydrogens (primary N) is 1. The largest absolute Gasteiger partial charge is 0.328 e. The van der Waals surface area contributed by atoms with Crippen LogP contribution in [0, 0.1) is 0 Å². The summed E-state index contributed by atoms with van der Waals surface area (Å²) < 4.78 is 0. The van der Waals surface area contributed by atoms with Gasteiger partial charge in [-0.3, -0.25) is 0 Å². The fourth-order valence-electron chi connectivity index (χ4n) is 0.857. The second-order valence-corrected chi connectivity index (χ2v) is 4.76. The van der Waals surface area contributed by atoms with Gasteiger partial charge in [0.25, 0.3) is 0 Å². The minimum Gasteiger partial charge on any atom is -0.328 e. The van der Waals surface area contributed by atoms with E-state index < -0.39 is 0 Å². The van der Waals surface area contributed by atoms with Crippen LogP contribution >= 0.6 is 11.8 Å². The predicted octanol–water partition coefficient (Wildman–Crippen LogP) is 1.41. The summed E-state index contributed by atoms with van der Waals surface area (Å²) >= 11 is 2.03. The van der Waals surface area contributed by atoms with Gasteiger partial charge < -0.3 is 10.6 Å². The first-order valence-corrected chi connectivity index (χ1v) is 5.76. The highest BCUT2D eigenvalue weighted by Gasteiger charge is 1.94. The molecule has 3 heteroatoms. The molecule has 0 heterocycles. The predicted molar refractivity (Wildman–Crippen MR) is 58.8 cm³/mol. The lowest BCUT2D eigenvalue weighted by Crippen LogP contribution is -2.16. The monoisotopic (exact) mass is 190 g/mol. The first-order valence-electron chi connectivity index (χ1n) is 4.61. The molecule has 2 N–H and O–H groups in total. The summed E-state index contributed by atoms with van der Waals surface area (Å²) in [7, 11) is 4.23. The van der Waals surface area contributed by atoms with Crippen LogP contribution in [0.5, 0.6) is 0 Å². The van der Waals surface area contributed by atoms with Crippen molar-refractivity contribution < 1.29 is 0 Å². The summed E-state index contributed by atoms with van der Waals surface area (Å²) in [5.74, 6) is 2.50. The maximum Gasteiger partial charge on any atom is 0.00662 e. The molecule has 1 unspecified atom stereocenters. The van der Waals surface area contributed by atoms with Crippen molar-refractivity contribution in [2.45, 2.75) is 25.8 Å². The maximum atomic E-state index is 5.64. The molecule has 1 atom stereocenters. The molecule has 0 aliphatic carbocycles. The lowest BCUT2D eigenvalue weighted by molar-refractivity contribution is 0.437. The molecule has 0 aromatic carbocycles. The molecular formula is C9H22N2S. The standard InChI is InChI=1S/C9H22N2S/c1-9(10)5-4-7-12-8-6-11(2)3/h9H,4-8,10H2,1-3H3. The van der Waals surface area contributed by atoms with E-state index in [0.29, 0.717) is 6.04 Å². The molecule has 0 aromatic heterocycles. The first kappa shape index (κ1) is 12.3. The molecular weight excluding hydrogens is 168 g/mol. The van der Waals surface area contributed by atoms with Crippen LogP contribution in [-0.2, 0) is 0 Å². The zero-order chi connectivity index (χ0) is 9.40. The zero-order valence-corrected chi connectivity index (χ0v) is 9.36. The van der Waals surface area contributed by atoms with Gasteiger partial charge in [-0.25, -0.2) is 0 Å². The van der Waals surface area contributed by atoms with E-state index in [4.69, 9.17) is 5.73 Å². The Morgan fingerprint density at radius 3 is 2.50 bits per heavy atom. The summed E-state index contributed by atoms with van der Waals surface area (Å²) in [5, 5.41) is 0. The molecule has 0 radical (unpaired) electrons. The van der Waals surface area contributed by atoms with E-state index in [-0.39, 0.29) is 0 Å². The lowest BCUT2D eigenvalue weighted by atomic mass is 10.2. The van der Waals surface area contributed by atoms with Crippen LogP contribution in [0.1, 0.15) is 19.8 Å². The van der Waals surface area contributed by atoms with Crippen molar-refractivity contribution in [1.82, 2.24) is 4.90 Å². The number of thioether (sulfide) groups is 1. The fourth-order valence-corrected chi connectivity index (χ4v) is 1.93. The Morgan fingerprint density at radius 1 is 1.33 bits per heavy atom. The SMILES string of the molecule is CC(N)CCCSCCN(C)C. The molecule has 12 heavy (non-hydrogen) atoms. The summed E-state index contributed by atoms with van der Waals surface area (Å²) in [6.45, 7) is 3.26. The van der Waals surface area contributed by atoms with Crippen molar-refractivity contribution in [2.24, 2.45) is 5.73 Å². The lowest BCUT2D eigenvalue weighted by Gasteiger charge is -2.08. The van der Waals surface area contributed by atoms with Crippen LogP contribution in [0.4, 0.5) is 0 Å². The van der Waals surface area contributed by atoms with Gasteiger partial charge in [0.1, 0.15) is 0 Å². The highest BCUT2D eigenvalue weighted by atomic mass is 32.2. The van der Waals surface area contributed by atoms with Gasteiger partial charge in [-0.1, -0.05) is 0 Å². The second-order valence-electron chi connectivity index (χ2n) is 3.54. The van der Waals surface area contributed by atoms with Crippen molar-refractivity contribution in [2.75, 3.05) is 32.1 Å². The van der Waals surface area contributed by atoms with Crippen LogP contribution in [0.3, 0.4) is 0 Å². The third kappa shape index (κ3) is 10.3. The van der Waals surface area contributed by atoms with Crippen LogP contribution in [-0.4, -0.2) is 43.1 Å². The van der Waals surface area contributed by atoms with Gasteiger partial charge in [0.05, 0.1) is 0 Å². The molecule has 0 aromatic rings. The van der Waals surface area contributed by atoms with E-state index in [1.807, 2.05) is 11.8 Å². The quantitative estimate of drug-likeness (QED) is 0.616. The smallest absolute Gasteiger partial charge is 0.00662 e. The van der Waals surface area contributed by atoms with Crippen molar-refractivity contribution in [1.29, 1.82) is 0 Å². The highest BCUT2D eigenvalue weighted by Crippen LogP contribution is 2.05. The number of rotatable bonds is 7. The van der Waals surface area contributed by atoms with Gasteiger partial charge in [-0.05, 0) is 39.6 Å². The zero-order valence-electron chi connectivity index (χ0n) is 8.55. The van der Waals surface area contributed by atoms with Crippen LogP contribution in [0.15, 0.2) is 0 Å². The number of hydrogen-bond acceptors (Lipinski definition) is 3. The molecule has 0 aliphatic rings. The minimum atomic E-state index is 0.374. The Hall–Kier alpha value is 0.270. The Labute approximate surface area is 80.9 Å². The topological polar surface area (TPSA) is 29.3 Å². The summed E-state index contributed by atoms with van der Waals surface area (Å²) in [4.78, 5) is 2.22. The third-order valence-electron chi connectivity index (χ3n) is 1.63. The summed E-state index contributed by atoms with van der Waals surface area (Å²) in [6, 6.07) is 0.374. The molecule has 0 fully saturated rings. The van der Waals surface area contributed by atoms with E-state index in [1.165, 1.54) is 24.5 Å². The summed E-state index contributed by atoms with van der Waals surface area (Å²) in [6.07, 6.45) is 2.42.